The third-order valence-corrected chi connectivity index (χ3v) is 6.89. The van der Waals surface area contributed by atoms with Crippen LogP contribution in [0.5, 0.6) is 0 Å². The van der Waals surface area contributed by atoms with Crippen molar-refractivity contribution in [3.05, 3.63) is 74.2 Å². The van der Waals surface area contributed by atoms with Crippen molar-refractivity contribution in [3.8, 4) is 0 Å². The number of rotatable bonds is 4. The van der Waals surface area contributed by atoms with E-state index in [-0.39, 0.29) is 5.91 Å². The summed E-state index contributed by atoms with van der Waals surface area (Å²) >= 11 is 16.6. The van der Waals surface area contributed by atoms with Crippen molar-refractivity contribution in [3.63, 3.8) is 0 Å². The van der Waals surface area contributed by atoms with Crippen LogP contribution >= 0.6 is 51.5 Å². The third-order valence-electron chi connectivity index (χ3n) is 4.65. The van der Waals surface area contributed by atoms with Crippen molar-refractivity contribution in [2.45, 2.75) is 13.5 Å². The fraction of sp³-hybridized carbons (Fsp3) is 0.143. The molecule has 2 heterocycles. The molecule has 2 aromatic carbocycles. The number of nitrogens with zero attached hydrogens (tertiary/aromatic N) is 2. The number of likely N-dealkylation sites (N-methyl/N-ethyl adjacent to an activating group) is 1. The quantitative estimate of drug-likeness (QED) is 0.315. The zero-order valence-electron chi connectivity index (χ0n) is 15.0. The Morgan fingerprint density at radius 3 is 2.75 bits per heavy atom. The smallest absolute Gasteiger partial charge is 0.266 e. The number of halogens is 2. The van der Waals surface area contributed by atoms with Crippen LogP contribution in [0, 0.1) is 0 Å². The van der Waals surface area contributed by atoms with Gasteiger partial charge >= 0.3 is 0 Å². The Morgan fingerprint density at radius 1 is 1.25 bits per heavy atom. The van der Waals surface area contributed by atoms with Gasteiger partial charge in [0.2, 0.25) is 0 Å². The molecule has 1 saturated heterocycles. The maximum absolute atomic E-state index is 12.6. The molecule has 1 aliphatic heterocycles. The van der Waals surface area contributed by atoms with Crippen LogP contribution in [0.3, 0.4) is 0 Å². The van der Waals surface area contributed by atoms with Crippen LogP contribution in [0.4, 0.5) is 0 Å². The number of hydrogen-bond acceptors (Lipinski definition) is 3. The molecular weight excluding hydrogens is 476 g/mol. The summed E-state index contributed by atoms with van der Waals surface area (Å²) in [6.07, 6.45) is 4.01. The topological polar surface area (TPSA) is 25.2 Å². The first-order valence-corrected chi connectivity index (χ1v) is 11.1. The first kappa shape index (κ1) is 19.7. The predicted octanol–water partition coefficient (Wildman–Crippen LogP) is 6.33. The average Bonchev–Trinajstić information content (AvgIpc) is 3.13. The van der Waals surface area contributed by atoms with Crippen LogP contribution in [-0.2, 0) is 11.3 Å². The van der Waals surface area contributed by atoms with Crippen LogP contribution in [0.2, 0.25) is 5.02 Å². The molecule has 1 amide bonds. The summed E-state index contributed by atoms with van der Waals surface area (Å²) in [6, 6.07) is 14.0. The molecule has 0 bridgehead atoms. The second-order valence-electron chi connectivity index (χ2n) is 6.39. The Kier molecular flexibility index (Phi) is 5.65. The van der Waals surface area contributed by atoms with Crippen molar-refractivity contribution >= 4 is 78.7 Å². The Morgan fingerprint density at radius 2 is 2.04 bits per heavy atom. The van der Waals surface area contributed by atoms with E-state index in [2.05, 4.69) is 38.8 Å². The van der Waals surface area contributed by atoms with Gasteiger partial charge in [-0.25, -0.2) is 0 Å². The highest BCUT2D eigenvalue weighted by Gasteiger charge is 2.30. The summed E-state index contributed by atoms with van der Waals surface area (Å²) in [7, 11) is 0. The molecule has 3 nitrogen and oxygen atoms in total. The molecule has 4 rings (SSSR count). The number of thiocarbonyl (C=S) groups is 1. The Bertz CT molecular complexity index is 1140. The first-order chi connectivity index (χ1) is 13.5. The van der Waals surface area contributed by atoms with E-state index in [1.54, 1.807) is 4.90 Å². The number of carbonyl (C=O) groups is 1. The number of benzene rings is 2. The van der Waals surface area contributed by atoms with Gasteiger partial charge in [0, 0.05) is 45.2 Å². The lowest BCUT2D eigenvalue weighted by molar-refractivity contribution is -0.121. The number of aromatic nitrogens is 1. The fourth-order valence-electron chi connectivity index (χ4n) is 3.27. The molecule has 28 heavy (non-hydrogen) atoms. The molecule has 0 aliphatic carbocycles. The van der Waals surface area contributed by atoms with Crippen molar-refractivity contribution < 1.29 is 4.79 Å². The molecule has 0 unspecified atom stereocenters. The van der Waals surface area contributed by atoms with E-state index in [0.717, 1.165) is 31.5 Å². The highest BCUT2D eigenvalue weighted by atomic mass is 79.9. The van der Waals surface area contributed by atoms with Gasteiger partial charge in [0.25, 0.3) is 5.91 Å². The summed E-state index contributed by atoms with van der Waals surface area (Å²) in [5, 5.41) is 1.81. The van der Waals surface area contributed by atoms with Gasteiger partial charge in [-0.1, -0.05) is 69.7 Å². The van der Waals surface area contributed by atoms with Gasteiger partial charge in [0.15, 0.2) is 0 Å². The van der Waals surface area contributed by atoms with E-state index in [1.807, 2.05) is 43.3 Å². The first-order valence-electron chi connectivity index (χ1n) is 8.75. The summed E-state index contributed by atoms with van der Waals surface area (Å²) in [4.78, 5) is 14.9. The van der Waals surface area contributed by atoms with E-state index < -0.39 is 0 Å². The van der Waals surface area contributed by atoms with Crippen LogP contribution in [0.1, 0.15) is 18.1 Å². The third kappa shape index (κ3) is 3.66. The molecule has 1 fully saturated rings. The molecule has 7 heteroatoms. The molecule has 0 saturated carbocycles. The van der Waals surface area contributed by atoms with E-state index in [4.69, 9.17) is 23.8 Å². The number of carbonyl (C=O) groups excluding carboxylic acids is 1. The Labute approximate surface area is 186 Å². The van der Waals surface area contributed by atoms with E-state index in [9.17, 15) is 4.79 Å². The lowest BCUT2D eigenvalue weighted by Crippen LogP contribution is -2.27. The molecule has 0 spiro atoms. The standard InChI is InChI=1S/C21H16BrClN2OS2/c1-2-25-20(26)19(28-21(25)27)9-14-12-24(11-13-5-3-4-6-17(13)23)18-8-7-15(22)10-16(14)18/h3-10,12H,2,11H2,1H3/b19-9-. The van der Waals surface area contributed by atoms with Crippen LogP contribution in [-0.4, -0.2) is 26.2 Å². The average molecular weight is 492 g/mol. The lowest BCUT2D eigenvalue weighted by Gasteiger charge is -2.09. The second-order valence-corrected chi connectivity index (χ2v) is 9.39. The zero-order chi connectivity index (χ0) is 19.8. The highest BCUT2D eigenvalue weighted by Crippen LogP contribution is 2.35. The number of fused-ring (bicyclic) bond motifs is 1. The van der Waals surface area contributed by atoms with Gasteiger partial charge in [0.1, 0.15) is 4.32 Å². The molecular formula is C21H16BrClN2OS2. The Hall–Kier alpha value is -1.60. The van der Waals surface area contributed by atoms with Crippen molar-refractivity contribution in [2.24, 2.45) is 0 Å². The summed E-state index contributed by atoms with van der Waals surface area (Å²) in [5.41, 5.74) is 3.12. The normalized spacial score (nSPS) is 16.0. The molecule has 0 atom stereocenters. The predicted molar refractivity (Wildman–Crippen MR) is 126 cm³/mol. The monoisotopic (exact) mass is 490 g/mol. The van der Waals surface area contributed by atoms with E-state index >= 15 is 0 Å². The van der Waals surface area contributed by atoms with Gasteiger partial charge in [-0.2, -0.15) is 0 Å². The number of hydrogen-bond donors (Lipinski definition) is 0. The van der Waals surface area contributed by atoms with Crippen LogP contribution < -0.4 is 0 Å². The maximum Gasteiger partial charge on any atom is 0.266 e. The number of amides is 1. The Balaban J connectivity index is 1.80. The molecule has 0 radical (unpaired) electrons. The summed E-state index contributed by atoms with van der Waals surface area (Å²) in [5.74, 6) is -0.0282. The lowest BCUT2D eigenvalue weighted by atomic mass is 10.1. The second kappa shape index (κ2) is 8.03. The molecule has 1 aromatic heterocycles. The van der Waals surface area contributed by atoms with Crippen molar-refractivity contribution in [2.75, 3.05) is 6.54 Å². The summed E-state index contributed by atoms with van der Waals surface area (Å²) in [6.45, 7) is 3.17. The van der Waals surface area contributed by atoms with Crippen LogP contribution in [0.25, 0.3) is 17.0 Å². The maximum atomic E-state index is 12.6. The molecule has 142 valence electrons. The molecule has 3 aromatic rings. The van der Waals surface area contributed by atoms with Crippen molar-refractivity contribution in [1.29, 1.82) is 0 Å². The molecule has 0 N–H and O–H groups in total. The van der Waals surface area contributed by atoms with Crippen LogP contribution in [0.15, 0.2) is 58.0 Å². The molecule has 1 aliphatic rings. The van der Waals surface area contributed by atoms with Gasteiger partial charge in [-0.05, 0) is 42.8 Å². The highest BCUT2D eigenvalue weighted by molar-refractivity contribution is 9.10. The largest absolute Gasteiger partial charge is 0.342 e. The van der Waals surface area contributed by atoms with E-state index in [1.165, 1.54) is 11.8 Å². The minimum atomic E-state index is -0.0282. The van der Waals surface area contributed by atoms with Gasteiger partial charge in [-0.15, -0.1) is 0 Å². The summed E-state index contributed by atoms with van der Waals surface area (Å²) < 4.78 is 3.76. The van der Waals surface area contributed by atoms with Crippen molar-refractivity contribution in [1.82, 2.24) is 9.47 Å². The van der Waals surface area contributed by atoms with E-state index in [0.29, 0.717) is 22.3 Å². The zero-order valence-corrected chi connectivity index (χ0v) is 19.0. The van der Waals surface area contributed by atoms with Gasteiger partial charge < -0.3 is 4.57 Å². The van der Waals surface area contributed by atoms with Gasteiger partial charge in [-0.3, -0.25) is 9.69 Å². The minimum Gasteiger partial charge on any atom is -0.342 e. The fourth-order valence-corrected chi connectivity index (χ4v) is 5.20. The minimum absolute atomic E-state index is 0.0282. The SMILES string of the molecule is CCN1C(=O)/C(=C/c2cn(Cc3ccccc3Cl)c3ccc(Br)cc23)SC1=S. The number of thioether (sulfide) groups is 1. The van der Waals surface area contributed by atoms with Gasteiger partial charge in [0.05, 0.1) is 4.91 Å².